The van der Waals surface area contributed by atoms with Gasteiger partial charge in [0.1, 0.15) is 17.2 Å². The summed E-state index contributed by atoms with van der Waals surface area (Å²) in [6.07, 6.45) is 0.606. The summed E-state index contributed by atoms with van der Waals surface area (Å²) >= 11 is 0. The number of piperidine rings is 1. The minimum absolute atomic E-state index is 0.117. The van der Waals surface area contributed by atoms with Crippen molar-refractivity contribution in [2.24, 2.45) is 0 Å². The fourth-order valence-corrected chi connectivity index (χ4v) is 4.06. The molecule has 1 aromatic heterocycles. The number of hydrogen-bond donors (Lipinski definition) is 1. The zero-order chi connectivity index (χ0) is 20.8. The van der Waals surface area contributed by atoms with Gasteiger partial charge in [-0.2, -0.15) is 0 Å². The number of rotatable bonds is 3. The minimum atomic E-state index is -0.602. The molecule has 1 unspecified atom stereocenters. The highest BCUT2D eigenvalue weighted by Gasteiger charge is 2.32. The lowest BCUT2D eigenvalue weighted by Crippen LogP contribution is -2.39. The molecule has 1 N–H and O–H groups in total. The molecule has 2 aliphatic heterocycles. The molecule has 2 aliphatic rings. The molecule has 1 saturated heterocycles. The Kier molecular flexibility index (Phi) is 4.27. The number of carbonyl (C=O) groups is 3. The number of methoxy groups -OCH3 is 1. The Hall–Kier alpha value is -3.68. The van der Waals surface area contributed by atoms with Crippen molar-refractivity contribution in [3.63, 3.8) is 0 Å². The van der Waals surface area contributed by atoms with Crippen molar-refractivity contribution < 1.29 is 23.5 Å². The highest BCUT2D eigenvalue weighted by atomic mass is 16.5. The molecule has 1 fully saturated rings. The number of hydrogen-bond acceptors (Lipinski definition) is 6. The smallest absolute Gasteiger partial charge is 0.254 e. The van der Waals surface area contributed by atoms with Crippen LogP contribution in [0.2, 0.25) is 0 Å². The van der Waals surface area contributed by atoms with Crippen LogP contribution in [0.3, 0.4) is 0 Å². The van der Waals surface area contributed by atoms with Gasteiger partial charge in [0.15, 0.2) is 5.58 Å². The van der Waals surface area contributed by atoms with Crippen molar-refractivity contribution in [1.29, 1.82) is 0 Å². The number of benzene rings is 2. The van der Waals surface area contributed by atoms with E-state index in [1.807, 2.05) is 18.2 Å². The number of amides is 3. The second-order valence-electron chi connectivity index (χ2n) is 7.50. The van der Waals surface area contributed by atoms with Gasteiger partial charge < -0.3 is 14.1 Å². The SMILES string of the molecule is COc1cccc2c1CN(C(=O)c1ccc3nc(C4CCC(=O)NC4=O)oc3c1)C2. The summed E-state index contributed by atoms with van der Waals surface area (Å²) in [5, 5.41) is 2.31. The number of carbonyl (C=O) groups excluding carboxylic acids is 3. The lowest BCUT2D eigenvalue weighted by Gasteiger charge is -2.17. The Morgan fingerprint density at radius 3 is 2.90 bits per heavy atom. The molecule has 1 atom stereocenters. The zero-order valence-electron chi connectivity index (χ0n) is 16.3. The summed E-state index contributed by atoms with van der Waals surface area (Å²) in [5.74, 6) is -0.370. The van der Waals surface area contributed by atoms with E-state index in [1.54, 1.807) is 30.2 Å². The van der Waals surface area contributed by atoms with Crippen molar-refractivity contribution in [3.8, 4) is 5.75 Å². The van der Waals surface area contributed by atoms with Gasteiger partial charge in [-0.1, -0.05) is 12.1 Å². The predicted octanol–water partition coefficient (Wildman–Crippen LogP) is 2.51. The summed E-state index contributed by atoms with van der Waals surface area (Å²) in [5.41, 5.74) is 3.59. The molecule has 0 aliphatic carbocycles. The average Bonchev–Trinajstić information content (AvgIpc) is 3.36. The maximum atomic E-state index is 13.1. The number of ether oxygens (including phenoxy) is 1. The van der Waals surface area contributed by atoms with Crippen LogP contribution in [0.4, 0.5) is 0 Å². The second kappa shape index (κ2) is 6.98. The third-order valence-corrected chi connectivity index (χ3v) is 5.64. The Labute approximate surface area is 171 Å². The van der Waals surface area contributed by atoms with E-state index in [0.717, 1.165) is 16.9 Å². The molecule has 5 rings (SSSR count). The summed E-state index contributed by atoms with van der Waals surface area (Å²) < 4.78 is 11.2. The minimum Gasteiger partial charge on any atom is -0.496 e. The Morgan fingerprint density at radius 1 is 1.23 bits per heavy atom. The van der Waals surface area contributed by atoms with Crippen LogP contribution < -0.4 is 10.1 Å². The maximum absolute atomic E-state index is 13.1. The van der Waals surface area contributed by atoms with E-state index in [4.69, 9.17) is 9.15 Å². The first-order chi connectivity index (χ1) is 14.5. The molecule has 3 heterocycles. The van der Waals surface area contributed by atoms with Crippen LogP contribution in [0, 0.1) is 0 Å². The summed E-state index contributed by atoms with van der Waals surface area (Å²) in [7, 11) is 1.62. The molecule has 3 amide bonds. The third-order valence-electron chi connectivity index (χ3n) is 5.64. The van der Waals surface area contributed by atoms with Gasteiger partial charge in [0.25, 0.3) is 5.91 Å². The van der Waals surface area contributed by atoms with Gasteiger partial charge in [-0.05, 0) is 36.2 Å². The first kappa shape index (κ1) is 18.4. The quantitative estimate of drug-likeness (QED) is 0.672. The van der Waals surface area contributed by atoms with Crippen LogP contribution in [-0.2, 0) is 22.7 Å². The monoisotopic (exact) mass is 405 g/mol. The summed E-state index contributed by atoms with van der Waals surface area (Å²) in [6, 6.07) is 10.9. The van der Waals surface area contributed by atoms with Crippen LogP contribution in [0.25, 0.3) is 11.1 Å². The third kappa shape index (κ3) is 3.01. The van der Waals surface area contributed by atoms with Gasteiger partial charge in [0, 0.05) is 24.1 Å². The number of aromatic nitrogens is 1. The van der Waals surface area contributed by atoms with E-state index in [-0.39, 0.29) is 24.1 Å². The summed E-state index contributed by atoms with van der Waals surface area (Å²) in [6.45, 7) is 0.996. The van der Waals surface area contributed by atoms with E-state index in [2.05, 4.69) is 10.3 Å². The number of nitrogens with zero attached hydrogens (tertiary/aromatic N) is 2. The molecule has 0 saturated carbocycles. The Morgan fingerprint density at radius 2 is 2.10 bits per heavy atom. The van der Waals surface area contributed by atoms with Gasteiger partial charge in [0.2, 0.25) is 17.7 Å². The summed E-state index contributed by atoms with van der Waals surface area (Å²) in [4.78, 5) is 42.7. The number of nitrogens with one attached hydrogen (secondary N) is 1. The average molecular weight is 405 g/mol. The molecule has 3 aromatic rings. The van der Waals surface area contributed by atoms with Crippen LogP contribution >= 0.6 is 0 Å². The fraction of sp³-hybridized carbons (Fsp3) is 0.273. The van der Waals surface area contributed by atoms with Crippen molar-refractivity contribution >= 4 is 28.8 Å². The largest absolute Gasteiger partial charge is 0.496 e. The fourth-order valence-electron chi connectivity index (χ4n) is 4.06. The standard InChI is InChI=1S/C22H19N3O5/c1-29-17-4-2-3-13-10-25(11-15(13)17)22(28)12-5-7-16-18(9-12)30-21(23-16)14-6-8-19(26)24-20(14)27/h2-5,7,9,14H,6,8,10-11H2,1H3,(H,24,26,27). The molecular formula is C22H19N3O5. The van der Waals surface area contributed by atoms with E-state index in [1.165, 1.54) is 0 Å². The van der Waals surface area contributed by atoms with Gasteiger partial charge in [-0.15, -0.1) is 0 Å². The highest BCUT2D eigenvalue weighted by Crippen LogP contribution is 2.32. The topological polar surface area (TPSA) is 102 Å². The van der Waals surface area contributed by atoms with Crippen LogP contribution in [0.1, 0.15) is 46.1 Å². The van der Waals surface area contributed by atoms with Gasteiger partial charge in [-0.3, -0.25) is 19.7 Å². The maximum Gasteiger partial charge on any atom is 0.254 e. The van der Waals surface area contributed by atoms with Crippen molar-refractivity contribution in [2.75, 3.05) is 7.11 Å². The molecule has 8 nitrogen and oxygen atoms in total. The first-order valence-electron chi connectivity index (χ1n) is 9.71. The van der Waals surface area contributed by atoms with Crippen molar-refractivity contribution in [2.45, 2.75) is 31.8 Å². The molecule has 30 heavy (non-hydrogen) atoms. The number of fused-ring (bicyclic) bond motifs is 2. The lowest BCUT2D eigenvalue weighted by atomic mass is 9.98. The van der Waals surface area contributed by atoms with E-state index in [9.17, 15) is 14.4 Å². The predicted molar refractivity (Wildman–Crippen MR) is 106 cm³/mol. The Bertz CT molecular complexity index is 1200. The molecule has 2 aromatic carbocycles. The zero-order valence-corrected chi connectivity index (χ0v) is 16.3. The molecule has 0 bridgehead atoms. The van der Waals surface area contributed by atoms with Gasteiger partial charge in [-0.25, -0.2) is 4.98 Å². The molecule has 8 heteroatoms. The Balaban J connectivity index is 1.40. The van der Waals surface area contributed by atoms with Crippen LogP contribution in [-0.4, -0.2) is 34.7 Å². The van der Waals surface area contributed by atoms with Crippen molar-refractivity contribution in [3.05, 3.63) is 59.0 Å². The molecule has 0 radical (unpaired) electrons. The van der Waals surface area contributed by atoms with E-state index >= 15 is 0 Å². The number of imide groups is 1. The normalized spacial score (nSPS) is 18.4. The second-order valence-corrected chi connectivity index (χ2v) is 7.50. The van der Waals surface area contributed by atoms with Crippen molar-refractivity contribution in [1.82, 2.24) is 15.2 Å². The van der Waals surface area contributed by atoms with E-state index in [0.29, 0.717) is 36.2 Å². The lowest BCUT2D eigenvalue weighted by molar-refractivity contribution is -0.134. The van der Waals surface area contributed by atoms with Crippen LogP contribution in [0.5, 0.6) is 5.75 Å². The first-order valence-corrected chi connectivity index (χ1v) is 9.71. The van der Waals surface area contributed by atoms with Crippen LogP contribution in [0.15, 0.2) is 40.8 Å². The molecular weight excluding hydrogens is 386 g/mol. The van der Waals surface area contributed by atoms with Gasteiger partial charge >= 0.3 is 0 Å². The molecule has 0 spiro atoms. The highest BCUT2D eigenvalue weighted by molar-refractivity contribution is 6.01. The van der Waals surface area contributed by atoms with E-state index < -0.39 is 11.8 Å². The molecule has 152 valence electrons. The number of oxazole rings is 1. The van der Waals surface area contributed by atoms with Gasteiger partial charge in [0.05, 0.1) is 13.7 Å².